The summed E-state index contributed by atoms with van der Waals surface area (Å²) in [5.41, 5.74) is 1.49. The molecule has 1 saturated heterocycles. The SMILES string of the molecule is CN1C(=O)C2C=C(C(=O)Nc3ccc(F)c(Cl)c3)N(Cc3ccccc3)C2N(C)C1=O. The van der Waals surface area contributed by atoms with E-state index in [1.165, 1.54) is 24.1 Å². The second-order valence-corrected chi connectivity index (χ2v) is 7.89. The topological polar surface area (TPSA) is 73.0 Å². The molecule has 2 aromatic carbocycles. The number of imide groups is 1. The van der Waals surface area contributed by atoms with Crippen molar-refractivity contribution in [1.29, 1.82) is 0 Å². The van der Waals surface area contributed by atoms with Crippen molar-refractivity contribution in [3.8, 4) is 0 Å². The van der Waals surface area contributed by atoms with Crippen LogP contribution in [0.3, 0.4) is 0 Å². The van der Waals surface area contributed by atoms with Gasteiger partial charge in [-0.1, -0.05) is 41.9 Å². The maximum Gasteiger partial charge on any atom is 0.327 e. The molecule has 1 N–H and O–H groups in total. The third-order valence-corrected chi connectivity index (χ3v) is 5.78. The summed E-state index contributed by atoms with van der Waals surface area (Å²) in [7, 11) is 3.03. The van der Waals surface area contributed by atoms with Crippen molar-refractivity contribution in [2.75, 3.05) is 19.4 Å². The molecule has 160 valence electrons. The third-order valence-electron chi connectivity index (χ3n) is 5.49. The number of carbonyl (C=O) groups excluding carboxylic acids is 3. The van der Waals surface area contributed by atoms with Gasteiger partial charge in [-0.05, 0) is 29.8 Å². The van der Waals surface area contributed by atoms with Crippen LogP contribution in [0, 0.1) is 11.7 Å². The Balaban J connectivity index is 1.68. The molecule has 2 aliphatic heterocycles. The highest BCUT2D eigenvalue weighted by Crippen LogP contribution is 2.36. The maximum absolute atomic E-state index is 13.5. The maximum atomic E-state index is 13.5. The van der Waals surface area contributed by atoms with E-state index in [0.29, 0.717) is 12.2 Å². The summed E-state index contributed by atoms with van der Waals surface area (Å²) in [6.07, 6.45) is 0.949. The Morgan fingerprint density at radius 2 is 1.84 bits per heavy atom. The normalized spacial score (nSPS) is 20.6. The van der Waals surface area contributed by atoms with Gasteiger partial charge in [0.2, 0.25) is 5.91 Å². The van der Waals surface area contributed by atoms with E-state index in [4.69, 9.17) is 11.6 Å². The van der Waals surface area contributed by atoms with Gasteiger partial charge in [0.15, 0.2) is 0 Å². The summed E-state index contributed by atoms with van der Waals surface area (Å²) >= 11 is 5.82. The molecule has 0 aliphatic carbocycles. The molecule has 0 bridgehead atoms. The average molecular weight is 443 g/mol. The molecule has 31 heavy (non-hydrogen) atoms. The largest absolute Gasteiger partial charge is 0.341 e. The van der Waals surface area contributed by atoms with Crippen LogP contribution < -0.4 is 5.32 Å². The Morgan fingerprint density at radius 1 is 1.13 bits per heavy atom. The summed E-state index contributed by atoms with van der Waals surface area (Å²) in [4.78, 5) is 42.7. The van der Waals surface area contributed by atoms with Gasteiger partial charge in [-0.25, -0.2) is 9.18 Å². The second-order valence-electron chi connectivity index (χ2n) is 7.48. The number of hydrogen-bond donors (Lipinski definition) is 1. The van der Waals surface area contributed by atoms with Gasteiger partial charge in [-0.2, -0.15) is 0 Å². The molecule has 0 aromatic heterocycles. The molecule has 0 saturated carbocycles. The summed E-state index contributed by atoms with van der Waals surface area (Å²) in [5.74, 6) is -2.14. The van der Waals surface area contributed by atoms with E-state index < -0.39 is 29.8 Å². The van der Waals surface area contributed by atoms with Gasteiger partial charge in [0.25, 0.3) is 5.91 Å². The molecular formula is C22H20ClFN4O3. The predicted molar refractivity (Wildman–Crippen MR) is 113 cm³/mol. The Labute approximate surface area is 183 Å². The molecule has 0 radical (unpaired) electrons. The molecule has 1 fully saturated rings. The van der Waals surface area contributed by atoms with E-state index in [0.717, 1.165) is 16.5 Å². The average Bonchev–Trinajstić information content (AvgIpc) is 3.13. The number of nitrogens with zero attached hydrogens (tertiary/aromatic N) is 3. The van der Waals surface area contributed by atoms with E-state index in [1.807, 2.05) is 30.3 Å². The molecular weight excluding hydrogens is 423 g/mol. The Hall–Kier alpha value is -3.39. The molecule has 9 heteroatoms. The lowest BCUT2D eigenvalue weighted by atomic mass is 10.0. The molecule has 0 spiro atoms. The highest BCUT2D eigenvalue weighted by Gasteiger charge is 2.50. The number of carbonyl (C=O) groups is 3. The molecule has 4 amide bonds. The lowest BCUT2D eigenvalue weighted by Crippen LogP contribution is -2.61. The summed E-state index contributed by atoms with van der Waals surface area (Å²) in [6, 6.07) is 12.9. The summed E-state index contributed by atoms with van der Waals surface area (Å²) in [5, 5.41) is 2.59. The first kappa shape index (κ1) is 20.9. The van der Waals surface area contributed by atoms with E-state index >= 15 is 0 Å². The first-order chi connectivity index (χ1) is 14.8. The summed E-state index contributed by atoms with van der Waals surface area (Å²) in [6.45, 7) is 0.319. The molecule has 7 nitrogen and oxygen atoms in total. The number of halogens is 2. The first-order valence-corrected chi connectivity index (χ1v) is 9.99. The first-order valence-electron chi connectivity index (χ1n) is 9.61. The van der Waals surface area contributed by atoms with Gasteiger partial charge in [0.1, 0.15) is 17.7 Å². The summed E-state index contributed by atoms with van der Waals surface area (Å²) < 4.78 is 13.5. The van der Waals surface area contributed by atoms with Crippen molar-refractivity contribution in [3.05, 3.63) is 76.7 Å². The second kappa shape index (κ2) is 8.03. The van der Waals surface area contributed by atoms with Crippen molar-refractivity contribution < 1.29 is 18.8 Å². The molecule has 2 unspecified atom stereocenters. The van der Waals surface area contributed by atoms with Crippen molar-refractivity contribution in [1.82, 2.24) is 14.7 Å². The molecule has 2 atom stereocenters. The van der Waals surface area contributed by atoms with Gasteiger partial charge in [-0.15, -0.1) is 0 Å². The van der Waals surface area contributed by atoms with Crippen LogP contribution in [0.15, 0.2) is 60.3 Å². The minimum atomic E-state index is -0.686. The van der Waals surface area contributed by atoms with E-state index in [9.17, 15) is 18.8 Å². The van der Waals surface area contributed by atoms with Crippen LogP contribution in [0.5, 0.6) is 0 Å². The number of fused-ring (bicyclic) bond motifs is 1. The number of benzene rings is 2. The molecule has 2 heterocycles. The monoisotopic (exact) mass is 442 g/mol. The van der Waals surface area contributed by atoms with E-state index in [1.54, 1.807) is 18.0 Å². The number of amides is 4. The Morgan fingerprint density at radius 3 is 2.52 bits per heavy atom. The van der Waals surface area contributed by atoms with Crippen LogP contribution in [0.25, 0.3) is 0 Å². The lowest BCUT2D eigenvalue weighted by Gasteiger charge is -2.43. The minimum Gasteiger partial charge on any atom is -0.341 e. The van der Waals surface area contributed by atoms with Crippen LogP contribution in [0.4, 0.5) is 14.9 Å². The van der Waals surface area contributed by atoms with Gasteiger partial charge >= 0.3 is 6.03 Å². The fourth-order valence-electron chi connectivity index (χ4n) is 3.94. The van der Waals surface area contributed by atoms with Crippen LogP contribution in [-0.4, -0.2) is 52.8 Å². The van der Waals surface area contributed by atoms with Gasteiger partial charge < -0.3 is 15.1 Å². The number of rotatable bonds is 4. The lowest BCUT2D eigenvalue weighted by molar-refractivity contribution is -0.137. The fourth-order valence-corrected chi connectivity index (χ4v) is 4.12. The number of nitrogens with one attached hydrogen (secondary N) is 1. The number of urea groups is 1. The van der Waals surface area contributed by atoms with Crippen molar-refractivity contribution >= 4 is 35.1 Å². The van der Waals surface area contributed by atoms with Gasteiger partial charge in [0.05, 0.1) is 10.9 Å². The van der Waals surface area contributed by atoms with Crippen molar-refractivity contribution in [2.24, 2.45) is 5.92 Å². The molecule has 2 aliphatic rings. The standard InChI is InChI=1S/C22H20ClFN4O3/c1-26-20-15(21(30)27(2)22(26)31)11-18(28(20)12-13-6-4-3-5-7-13)19(29)25-14-8-9-17(24)16(23)10-14/h3-11,15,20H,12H2,1-2H3,(H,25,29). The number of anilines is 1. The van der Waals surface area contributed by atoms with Crippen LogP contribution >= 0.6 is 11.6 Å². The number of hydrogen-bond acceptors (Lipinski definition) is 4. The highest BCUT2D eigenvalue weighted by molar-refractivity contribution is 6.31. The predicted octanol–water partition coefficient (Wildman–Crippen LogP) is 3.28. The van der Waals surface area contributed by atoms with Crippen molar-refractivity contribution in [3.63, 3.8) is 0 Å². The molecule has 4 rings (SSSR count). The third kappa shape index (κ3) is 3.74. The van der Waals surface area contributed by atoms with E-state index in [-0.39, 0.29) is 16.6 Å². The van der Waals surface area contributed by atoms with Crippen LogP contribution in [0.2, 0.25) is 5.02 Å². The van der Waals surface area contributed by atoms with Gasteiger partial charge in [0, 0.05) is 26.3 Å². The van der Waals surface area contributed by atoms with E-state index in [2.05, 4.69) is 5.32 Å². The van der Waals surface area contributed by atoms with Crippen molar-refractivity contribution in [2.45, 2.75) is 12.7 Å². The Bertz CT molecular complexity index is 1090. The smallest absolute Gasteiger partial charge is 0.327 e. The fraction of sp³-hybridized carbons (Fsp3) is 0.227. The quantitative estimate of drug-likeness (QED) is 0.788. The Kier molecular flexibility index (Phi) is 5.41. The zero-order valence-corrected chi connectivity index (χ0v) is 17.6. The highest BCUT2D eigenvalue weighted by atomic mass is 35.5. The van der Waals surface area contributed by atoms with Crippen LogP contribution in [0.1, 0.15) is 5.56 Å². The minimum absolute atomic E-state index is 0.116. The molecule has 2 aromatic rings. The zero-order chi connectivity index (χ0) is 22.3. The zero-order valence-electron chi connectivity index (χ0n) is 16.9. The van der Waals surface area contributed by atoms with Gasteiger partial charge in [-0.3, -0.25) is 14.5 Å². The van der Waals surface area contributed by atoms with Crippen LogP contribution in [-0.2, 0) is 16.1 Å².